The SMILES string of the molecule is CNc1cc(F)cc2c(NCCCN)c(C(=O)Nc3ccc(C(=O)O)cc3)c(=O)[nH]c12.O=CO. The molecule has 12 heteroatoms. The Morgan fingerprint density at radius 3 is 2.41 bits per heavy atom. The summed E-state index contributed by atoms with van der Waals surface area (Å²) in [6.45, 7) is 0.510. The van der Waals surface area contributed by atoms with E-state index in [1.54, 1.807) is 7.05 Å². The maximum Gasteiger partial charge on any atom is 0.335 e. The molecule has 180 valence electrons. The fraction of sp³-hybridized carbons (Fsp3) is 0.182. The summed E-state index contributed by atoms with van der Waals surface area (Å²) in [4.78, 5) is 47.8. The van der Waals surface area contributed by atoms with Crippen molar-refractivity contribution in [3.8, 4) is 0 Å². The lowest BCUT2D eigenvalue weighted by Gasteiger charge is -2.16. The Balaban J connectivity index is 0.00000129. The van der Waals surface area contributed by atoms with Gasteiger partial charge in [0.15, 0.2) is 0 Å². The molecule has 11 nitrogen and oxygen atoms in total. The zero-order valence-electron chi connectivity index (χ0n) is 18.1. The van der Waals surface area contributed by atoms with E-state index in [2.05, 4.69) is 20.9 Å². The third kappa shape index (κ3) is 6.07. The number of halogens is 1. The smallest absolute Gasteiger partial charge is 0.335 e. The molecule has 34 heavy (non-hydrogen) atoms. The predicted octanol–water partition coefficient (Wildman–Crippen LogP) is 2.12. The summed E-state index contributed by atoms with van der Waals surface area (Å²) in [6.07, 6.45) is 0.570. The number of hydrogen-bond donors (Lipinski definition) is 7. The number of aromatic nitrogens is 1. The molecule has 0 radical (unpaired) electrons. The molecule has 1 amide bonds. The van der Waals surface area contributed by atoms with Gasteiger partial charge in [0.1, 0.15) is 11.4 Å². The van der Waals surface area contributed by atoms with Gasteiger partial charge in [0.05, 0.1) is 22.5 Å². The van der Waals surface area contributed by atoms with E-state index in [0.717, 1.165) is 0 Å². The number of aromatic amines is 1. The van der Waals surface area contributed by atoms with Crippen LogP contribution < -0.4 is 27.2 Å². The van der Waals surface area contributed by atoms with E-state index in [1.807, 2.05) is 0 Å². The zero-order valence-corrected chi connectivity index (χ0v) is 18.1. The fourth-order valence-corrected chi connectivity index (χ4v) is 3.17. The van der Waals surface area contributed by atoms with Crippen molar-refractivity contribution in [3.63, 3.8) is 0 Å². The number of fused-ring (bicyclic) bond motifs is 1. The van der Waals surface area contributed by atoms with Crippen LogP contribution in [0, 0.1) is 5.82 Å². The van der Waals surface area contributed by atoms with Crippen molar-refractivity contribution in [1.82, 2.24) is 4.98 Å². The first-order chi connectivity index (χ1) is 16.3. The highest BCUT2D eigenvalue weighted by atomic mass is 19.1. The molecule has 1 heterocycles. The molecule has 0 saturated heterocycles. The van der Waals surface area contributed by atoms with Gasteiger partial charge in [-0.25, -0.2) is 9.18 Å². The summed E-state index contributed by atoms with van der Waals surface area (Å²) >= 11 is 0. The van der Waals surface area contributed by atoms with Gasteiger partial charge in [-0.05, 0) is 49.4 Å². The van der Waals surface area contributed by atoms with E-state index in [9.17, 15) is 18.8 Å². The second-order valence-corrected chi connectivity index (χ2v) is 6.84. The first-order valence-corrected chi connectivity index (χ1v) is 10.0. The zero-order chi connectivity index (χ0) is 25.3. The number of carboxylic acids is 1. The van der Waals surface area contributed by atoms with Crippen LogP contribution in [-0.2, 0) is 4.79 Å². The van der Waals surface area contributed by atoms with Crippen LogP contribution >= 0.6 is 0 Å². The predicted molar refractivity (Wildman–Crippen MR) is 126 cm³/mol. The molecule has 3 rings (SSSR count). The van der Waals surface area contributed by atoms with Crippen molar-refractivity contribution in [1.29, 1.82) is 0 Å². The Morgan fingerprint density at radius 1 is 1.21 bits per heavy atom. The third-order valence-electron chi connectivity index (χ3n) is 4.66. The average Bonchev–Trinajstić information content (AvgIpc) is 2.79. The molecule has 1 aromatic heterocycles. The van der Waals surface area contributed by atoms with Crippen LogP contribution in [0.15, 0.2) is 41.2 Å². The number of pyridine rings is 1. The number of anilines is 3. The Labute approximate surface area is 192 Å². The Kier molecular flexibility index (Phi) is 9.08. The minimum atomic E-state index is -1.10. The molecule has 2 aromatic carbocycles. The van der Waals surface area contributed by atoms with E-state index in [-0.39, 0.29) is 23.3 Å². The first kappa shape index (κ1) is 25.8. The minimum absolute atomic E-state index is 0.0563. The first-order valence-electron chi connectivity index (χ1n) is 10.0. The number of H-pyrrole nitrogens is 1. The number of aromatic carboxylic acids is 1. The summed E-state index contributed by atoms with van der Waals surface area (Å²) in [7, 11) is 1.59. The highest BCUT2D eigenvalue weighted by Gasteiger charge is 2.21. The van der Waals surface area contributed by atoms with Gasteiger partial charge in [-0.3, -0.25) is 14.4 Å². The number of rotatable bonds is 8. The van der Waals surface area contributed by atoms with Crippen LogP contribution in [0.5, 0.6) is 0 Å². The van der Waals surface area contributed by atoms with Gasteiger partial charge >= 0.3 is 5.97 Å². The molecule has 0 spiro atoms. The van der Waals surface area contributed by atoms with Gasteiger partial charge in [-0.15, -0.1) is 0 Å². The van der Waals surface area contributed by atoms with Gasteiger partial charge in [-0.1, -0.05) is 0 Å². The van der Waals surface area contributed by atoms with Crippen molar-refractivity contribution in [2.24, 2.45) is 5.73 Å². The molecule has 0 aliphatic carbocycles. The van der Waals surface area contributed by atoms with Crippen molar-refractivity contribution >= 4 is 46.3 Å². The summed E-state index contributed by atoms with van der Waals surface area (Å²) in [5.41, 5.74) is 5.92. The lowest BCUT2D eigenvalue weighted by atomic mass is 10.1. The van der Waals surface area contributed by atoms with Crippen molar-refractivity contribution in [2.45, 2.75) is 6.42 Å². The number of amides is 1. The lowest BCUT2D eigenvalue weighted by Crippen LogP contribution is -2.26. The van der Waals surface area contributed by atoms with E-state index in [4.69, 9.17) is 20.7 Å². The maximum absolute atomic E-state index is 14.2. The molecule has 0 saturated carbocycles. The van der Waals surface area contributed by atoms with Gasteiger partial charge in [-0.2, -0.15) is 0 Å². The lowest BCUT2D eigenvalue weighted by molar-refractivity contribution is -0.122. The minimum Gasteiger partial charge on any atom is -0.483 e. The third-order valence-corrected chi connectivity index (χ3v) is 4.66. The molecule has 3 aromatic rings. The highest BCUT2D eigenvalue weighted by Crippen LogP contribution is 2.30. The van der Waals surface area contributed by atoms with Crippen LogP contribution in [0.1, 0.15) is 27.1 Å². The van der Waals surface area contributed by atoms with Crippen molar-refractivity contribution < 1.29 is 29.0 Å². The van der Waals surface area contributed by atoms with Gasteiger partial charge in [0, 0.05) is 24.7 Å². The van der Waals surface area contributed by atoms with E-state index in [1.165, 1.54) is 36.4 Å². The molecule has 0 fully saturated rings. The molecular weight excluding hydrogens is 449 g/mol. The summed E-state index contributed by atoms with van der Waals surface area (Å²) in [5.74, 6) is -2.37. The molecule has 0 aliphatic rings. The second-order valence-electron chi connectivity index (χ2n) is 6.84. The van der Waals surface area contributed by atoms with Crippen LogP contribution in [0.2, 0.25) is 0 Å². The van der Waals surface area contributed by atoms with Crippen LogP contribution in [0.3, 0.4) is 0 Å². The number of nitrogens with one attached hydrogen (secondary N) is 4. The van der Waals surface area contributed by atoms with Gasteiger partial charge < -0.3 is 36.9 Å². The van der Waals surface area contributed by atoms with Crippen LogP contribution in [0.4, 0.5) is 21.5 Å². The summed E-state index contributed by atoms with van der Waals surface area (Å²) < 4.78 is 14.2. The average molecular weight is 473 g/mol. The number of carbonyl (C=O) groups excluding carboxylic acids is 1. The summed E-state index contributed by atoms with van der Waals surface area (Å²) in [6, 6.07) is 7.96. The normalized spacial score (nSPS) is 10.1. The Bertz CT molecular complexity index is 1240. The molecule has 0 aliphatic heterocycles. The maximum atomic E-state index is 14.2. The number of nitrogens with two attached hydrogens (primary N) is 1. The largest absolute Gasteiger partial charge is 0.483 e. The Morgan fingerprint density at radius 2 is 1.85 bits per heavy atom. The van der Waals surface area contributed by atoms with Crippen LogP contribution in [-0.4, -0.2) is 53.7 Å². The summed E-state index contributed by atoms with van der Waals surface area (Å²) in [5, 5.41) is 24.6. The van der Waals surface area contributed by atoms with Crippen molar-refractivity contribution in [2.75, 3.05) is 36.1 Å². The number of benzene rings is 2. The number of carbonyl (C=O) groups is 3. The number of carboxylic acid groups (broad SMARTS) is 2. The topological polar surface area (TPSA) is 187 Å². The molecule has 8 N–H and O–H groups in total. The molecule has 0 unspecified atom stereocenters. The van der Waals surface area contributed by atoms with E-state index in [0.29, 0.717) is 41.8 Å². The Hall–Kier alpha value is -4.45. The van der Waals surface area contributed by atoms with Gasteiger partial charge in [0.25, 0.3) is 17.9 Å². The monoisotopic (exact) mass is 473 g/mol. The fourth-order valence-electron chi connectivity index (χ4n) is 3.17. The van der Waals surface area contributed by atoms with E-state index >= 15 is 0 Å². The molecule has 0 bridgehead atoms. The highest BCUT2D eigenvalue weighted by molar-refractivity contribution is 6.13. The van der Waals surface area contributed by atoms with Crippen LogP contribution in [0.25, 0.3) is 10.9 Å². The molecular formula is C22H24FN5O6. The second kappa shape index (κ2) is 12.0. The molecule has 0 atom stereocenters. The standard InChI is InChI=1S/C21H22FN5O4.CH2O2/c1-24-15-10-12(22)9-14-17(15)27-20(29)16(18(14)25-8-2-7-23)19(28)26-13-5-3-11(4-6-13)21(30)31;2-1-3/h3-6,9-10,24H,2,7-8,23H2,1H3,(H,26,28)(H,30,31)(H2,25,27,29);1H,(H,2,3). The van der Waals surface area contributed by atoms with Gasteiger partial charge in [0.2, 0.25) is 0 Å². The van der Waals surface area contributed by atoms with E-state index < -0.39 is 23.3 Å². The quantitative estimate of drug-likeness (QED) is 0.190. The van der Waals surface area contributed by atoms with Crippen molar-refractivity contribution in [3.05, 3.63) is 63.7 Å². The number of hydrogen-bond acceptors (Lipinski definition) is 7.